The van der Waals surface area contributed by atoms with Gasteiger partial charge in [-0.05, 0) is 36.4 Å². The van der Waals surface area contributed by atoms with E-state index < -0.39 is 12.1 Å². The van der Waals surface area contributed by atoms with Crippen LogP contribution in [0.4, 0.5) is 10.5 Å². The van der Waals surface area contributed by atoms with Crippen LogP contribution in [0.15, 0.2) is 54.6 Å². The van der Waals surface area contributed by atoms with Crippen LogP contribution in [0.3, 0.4) is 0 Å². The molecule has 0 radical (unpaired) electrons. The lowest BCUT2D eigenvalue weighted by atomic mass is 10.2. The van der Waals surface area contributed by atoms with Gasteiger partial charge in [-0.1, -0.05) is 18.2 Å². The first kappa shape index (κ1) is 13.6. The Balaban J connectivity index is 2.02. The molecule has 2 aromatic carbocycles. The third-order valence-electron chi connectivity index (χ3n) is 2.51. The number of hydrogen-bond donors (Lipinski definition) is 1. The van der Waals surface area contributed by atoms with Gasteiger partial charge in [0.25, 0.3) is 0 Å². The highest BCUT2D eigenvalue weighted by Gasteiger charge is 2.08. The van der Waals surface area contributed by atoms with Gasteiger partial charge in [0.2, 0.25) is 0 Å². The molecule has 102 valence electrons. The normalized spacial score (nSPS) is 9.65. The van der Waals surface area contributed by atoms with Gasteiger partial charge in [0.1, 0.15) is 5.75 Å². The molecule has 0 aliphatic rings. The number of benzene rings is 2. The van der Waals surface area contributed by atoms with Crippen LogP contribution in [-0.4, -0.2) is 19.2 Å². The van der Waals surface area contributed by atoms with Crippen molar-refractivity contribution in [1.29, 1.82) is 0 Å². The standard InChI is InChI=1S/C15H13NO4/c1-19-15(18)16-12-9-7-11(8-10-12)14(17)20-13-5-3-2-4-6-13/h2-10H,1H3,(H,16,18). The summed E-state index contributed by atoms with van der Waals surface area (Å²) >= 11 is 0. The largest absolute Gasteiger partial charge is 0.453 e. The molecule has 0 saturated carbocycles. The summed E-state index contributed by atoms with van der Waals surface area (Å²) in [5.74, 6) is 0.0232. The number of carbonyl (C=O) groups excluding carboxylic acids is 2. The molecule has 2 rings (SSSR count). The fourth-order valence-corrected chi connectivity index (χ4v) is 1.51. The van der Waals surface area contributed by atoms with Crippen molar-refractivity contribution in [2.45, 2.75) is 0 Å². The second-order valence-corrected chi connectivity index (χ2v) is 3.90. The number of ether oxygens (including phenoxy) is 2. The average molecular weight is 271 g/mol. The van der Waals surface area contributed by atoms with E-state index in [1.807, 2.05) is 6.07 Å². The Morgan fingerprint density at radius 3 is 2.20 bits per heavy atom. The smallest absolute Gasteiger partial charge is 0.411 e. The summed E-state index contributed by atoms with van der Waals surface area (Å²) in [5, 5.41) is 2.49. The summed E-state index contributed by atoms with van der Waals surface area (Å²) < 4.78 is 9.66. The average Bonchev–Trinajstić information content (AvgIpc) is 2.49. The Morgan fingerprint density at radius 1 is 0.950 bits per heavy atom. The topological polar surface area (TPSA) is 64.6 Å². The van der Waals surface area contributed by atoms with E-state index >= 15 is 0 Å². The Hall–Kier alpha value is -2.82. The van der Waals surface area contributed by atoms with E-state index in [0.717, 1.165) is 0 Å². The van der Waals surface area contributed by atoms with Gasteiger partial charge in [0.15, 0.2) is 0 Å². The van der Waals surface area contributed by atoms with Crippen LogP contribution in [0.5, 0.6) is 5.75 Å². The molecule has 5 nitrogen and oxygen atoms in total. The predicted molar refractivity (Wildman–Crippen MR) is 73.9 cm³/mol. The number of amides is 1. The molecule has 1 amide bonds. The maximum atomic E-state index is 11.9. The van der Waals surface area contributed by atoms with Crippen LogP contribution in [0.25, 0.3) is 0 Å². The van der Waals surface area contributed by atoms with Crippen molar-refractivity contribution >= 4 is 17.7 Å². The summed E-state index contributed by atoms with van der Waals surface area (Å²) in [5.41, 5.74) is 0.928. The quantitative estimate of drug-likeness (QED) is 0.688. The minimum Gasteiger partial charge on any atom is -0.453 e. The lowest BCUT2D eigenvalue weighted by molar-refractivity contribution is 0.0735. The molecule has 0 atom stereocenters. The van der Waals surface area contributed by atoms with Gasteiger partial charge in [-0.25, -0.2) is 9.59 Å². The third-order valence-corrected chi connectivity index (χ3v) is 2.51. The maximum absolute atomic E-state index is 11.9. The highest BCUT2D eigenvalue weighted by Crippen LogP contribution is 2.14. The monoisotopic (exact) mass is 271 g/mol. The highest BCUT2D eigenvalue weighted by molar-refractivity contribution is 5.92. The molecule has 0 heterocycles. The van der Waals surface area contributed by atoms with Crippen molar-refractivity contribution in [1.82, 2.24) is 0 Å². The Morgan fingerprint density at radius 2 is 1.60 bits per heavy atom. The second-order valence-electron chi connectivity index (χ2n) is 3.90. The first-order chi connectivity index (χ1) is 9.69. The molecule has 0 fully saturated rings. The lowest BCUT2D eigenvalue weighted by Gasteiger charge is -2.06. The number of para-hydroxylation sites is 1. The van der Waals surface area contributed by atoms with Crippen molar-refractivity contribution in [3.8, 4) is 5.75 Å². The first-order valence-corrected chi connectivity index (χ1v) is 5.91. The molecule has 0 unspecified atom stereocenters. The van der Waals surface area contributed by atoms with Crippen molar-refractivity contribution in [2.75, 3.05) is 12.4 Å². The highest BCUT2D eigenvalue weighted by atomic mass is 16.5. The Bertz CT molecular complexity index is 593. The zero-order valence-electron chi connectivity index (χ0n) is 10.8. The number of esters is 1. The van der Waals surface area contributed by atoms with E-state index in [9.17, 15) is 9.59 Å². The summed E-state index contributed by atoms with van der Waals surface area (Å²) in [6.07, 6.45) is -0.565. The van der Waals surface area contributed by atoms with E-state index in [1.165, 1.54) is 7.11 Å². The van der Waals surface area contributed by atoms with Crippen molar-refractivity contribution in [2.24, 2.45) is 0 Å². The van der Waals surface area contributed by atoms with Crippen LogP contribution < -0.4 is 10.1 Å². The molecule has 0 aliphatic carbocycles. The predicted octanol–water partition coefficient (Wildman–Crippen LogP) is 3.08. The first-order valence-electron chi connectivity index (χ1n) is 5.91. The Labute approximate surface area is 116 Å². The van der Waals surface area contributed by atoms with Gasteiger partial charge in [-0.15, -0.1) is 0 Å². The number of carbonyl (C=O) groups is 2. The summed E-state index contributed by atoms with van der Waals surface area (Å²) in [6, 6.07) is 15.1. The number of methoxy groups -OCH3 is 1. The van der Waals surface area contributed by atoms with Crippen LogP contribution in [0.1, 0.15) is 10.4 Å². The van der Waals surface area contributed by atoms with Crippen LogP contribution in [-0.2, 0) is 4.74 Å². The molecule has 0 spiro atoms. The van der Waals surface area contributed by atoms with Gasteiger partial charge in [-0.3, -0.25) is 5.32 Å². The van der Waals surface area contributed by atoms with Crippen molar-refractivity contribution in [3.05, 3.63) is 60.2 Å². The van der Waals surface area contributed by atoms with E-state index in [0.29, 0.717) is 17.0 Å². The fraction of sp³-hybridized carbons (Fsp3) is 0.0667. The SMILES string of the molecule is COC(=O)Nc1ccc(C(=O)Oc2ccccc2)cc1. The number of rotatable bonds is 3. The van der Waals surface area contributed by atoms with Crippen LogP contribution in [0.2, 0.25) is 0 Å². The third kappa shape index (κ3) is 3.58. The molecule has 0 bridgehead atoms. The van der Waals surface area contributed by atoms with E-state index in [-0.39, 0.29) is 0 Å². The molecule has 2 aromatic rings. The van der Waals surface area contributed by atoms with E-state index in [1.54, 1.807) is 48.5 Å². The lowest BCUT2D eigenvalue weighted by Crippen LogP contribution is -2.12. The van der Waals surface area contributed by atoms with E-state index in [4.69, 9.17) is 4.74 Å². The van der Waals surface area contributed by atoms with Gasteiger partial charge in [0, 0.05) is 5.69 Å². The minimum atomic E-state index is -0.565. The van der Waals surface area contributed by atoms with Gasteiger partial charge >= 0.3 is 12.1 Å². The zero-order valence-corrected chi connectivity index (χ0v) is 10.8. The zero-order chi connectivity index (χ0) is 14.4. The number of anilines is 1. The number of hydrogen-bond acceptors (Lipinski definition) is 4. The molecule has 0 aliphatic heterocycles. The van der Waals surface area contributed by atoms with Gasteiger partial charge in [-0.2, -0.15) is 0 Å². The molecular formula is C15H13NO4. The molecular weight excluding hydrogens is 258 g/mol. The molecule has 1 N–H and O–H groups in total. The molecule has 20 heavy (non-hydrogen) atoms. The maximum Gasteiger partial charge on any atom is 0.411 e. The summed E-state index contributed by atoms with van der Waals surface area (Å²) in [7, 11) is 1.28. The second kappa shape index (κ2) is 6.38. The van der Waals surface area contributed by atoms with Crippen LogP contribution >= 0.6 is 0 Å². The summed E-state index contributed by atoms with van der Waals surface area (Å²) in [6.45, 7) is 0. The summed E-state index contributed by atoms with van der Waals surface area (Å²) in [4.78, 5) is 22.9. The van der Waals surface area contributed by atoms with Crippen molar-refractivity contribution < 1.29 is 19.1 Å². The molecule has 5 heteroatoms. The Kier molecular flexibility index (Phi) is 4.34. The van der Waals surface area contributed by atoms with Crippen molar-refractivity contribution in [3.63, 3.8) is 0 Å². The number of nitrogens with one attached hydrogen (secondary N) is 1. The fourth-order valence-electron chi connectivity index (χ4n) is 1.51. The minimum absolute atomic E-state index is 0.393. The van der Waals surface area contributed by atoms with Crippen LogP contribution in [0, 0.1) is 0 Å². The van der Waals surface area contributed by atoms with E-state index in [2.05, 4.69) is 10.1 Å². The molecule has 0 aromatic heterocycles. The van der Waals surface area contributed by atoms with Gasteiger partial charge < -0.3 is 9.47 Å². The van der Waals surface area contributed by atoms with Gasteiger partial charge in [0.05, 0.1) is 12.7 Å². The molecule has 0 saturated heterocycles.